The van der Waals surface area contributed by atoms with E-state index in [4.69, 9.17) is 10.5 Å². The summed E-state index contributed by atoms with van der Waals surface area (Å²) in [6.07, 6.45) is 2.63. The summed E-state index contributed by atoms with van der Waals surface area (Å²) in [5.41, 5.74) is 7.49. The third-order valence-electron chi connectivity index (χ3n) is 3.79. The van der Waals surface area contributed by atoms with E-state index in [-0.39, 0.29) is 6.04 Å². The maximum Gasteiger partial charge on any atom is 0.118 e. The summed E-state index contributed by atoms with van der Waals surface area (Å²) in [4.78, 5) is 2.40. The zero-order valence-electron chi connectivity index (χ0n) is 10.9. The highest BCUT2D eigenvalue weighted by Crippen LogP contribution is 2.30. The summed E-state index contributed by atoms with van der Waals surface area (Å²) >= 11 is 0. The monoisotopic (exact) mass is 234 g/mol. The number of nitrogens with two attached hydrogens (primary N) is 1. The molecule has 2 atom stereocenters. The van der Waals surface area contributed by atoms with E-state index in [0.717, 1.165) is 11.8 Å². The standard InChI is InChI=1S/C14H22N2O/c1-10(16(2)12-6-7-12)14(15)11-4-8-13(17-3)9-5-11/h4-5,8-10,12,14H,6-7,15H2,1-3H3. The molecule has 17 heavy (non-hydrogen) atoms. The molecule has 0 spiro atoms. The Kier molecular flexibility index (Phi) is 3.69. The van der Waals surface area contributed by atoms with Crippen LogP contribution in [-0.4, -0.2) is 31.1 Å². The van der Waals surface area contributed by atoms with Crippen molar-refractivity contribution in [1.82, 2.24) is 4.90 Å². The van der Waals surface area contributed by atoms with Crippen LogP contribution in [0.5, 0.6) is 5.75 Å². The number of nitrogens with zero attached hydrogens (tertiary/aromatic N) is 1. The van der Waals surface area contributed by atoms with Gasteiger partial charge in [-0.2, -0.15) is 0 Å². The number of methoxy groups -OCH3 is 1. The number of rotatable bonds is 5. The van der Waals surface area contributed by atoms with Gasteiger partial charge in [0.2, 0.25) is 0 Å². The van der Waals surface area contributed by atoms with Crippen LogP contribution < -0.4 is 10.5 Å². The highest BCUT2D eigenvalue weighted by molar-refractivity contribution is 5.29. The van der Waals surface area contributed by atoms with E-state index >= 15 is 0 Å². The van der Waals surface area contributed by atoms with Crippen molar-refractivity contribution in [2.45, 2.75) is 37.9 Å². The van der Waals surface area contributed by atoms with E-state index in [1.165, 1.54) is 18.4 Å². The average molecular weight is 234 g/mol. The summed E-state index contributed by atoms with van der Waals surface area (Å²) in [6.45, 7) is 2.20. The van der Waals surface area contributed by atoms with Crippen molar-refractivity contribution in [3.05, 3.63) is 29.8 Å². The number of ether oxygens (including phenoxy) is 1. The van der Waals surface area contributed by atoms with Gasteiger partial charge < -0.3 is 10.5 Å². The van der Waals surface area contributed by atoms with Crippen LogP contribution in [0.3, 0.4) is 0 Å². The highest BCUT2D eigenvalue weighted by atomic mass is 16.5. The molecule has 0 heterocycles. The van der Waals surface area contributed by atoms with Gasteiger partial charge in [-0.3, -0.25) is 4.90 Å². The SMILES string of the molecule is COc1ccc(C(N)C(C)N(C)C2CC2)cc1. The van der Waals surface area contributed by atoms with Crippen molar-refractivity contribution < 1.29 is 4.74 Å². The lowest BCUT2D eigenvalue weighted by molar-refractivity contribution is 0.217. The molecule has 1 aliphatic carbocycles. The third kappa shape index (κ3) is 2.79. The molecule has 0 aromatic heterocycles. The Morgan fingerprint density at radius 1 is 1.29 bits per heavy atom. The molecule has 1 fully saturated rings. The fourth-order valence-corrected chi connectivity index (χ4v) is 2.17. The van der Waals surface area contributed by atoms with Gasteiger partial charge >= 0.3 is 0 Å². The van der Waals surface area contributed by atoms with Crippen LogP contribution in [-0.2, 0) is 0 Å². The molecule has 94 valence electrons. The molecule has 3 nitrogen and oxygen atoms in total. The largest absolute Gasteiger partial charge is 0.497 e. The van der Waals surface area contributed by atoms with Gasteiger partial charge in [-0.15, -0.1) is 0 Å². The van der Waals surface area contributed by atoms with Gasteiger partial charge in [-0.1, -0.05) is 12.1 Å². The van der Waals surface area contributed by atoms with Crippen molar-refractivity contribution in [3.63, 3.8) is 0 Å². The smallest absolute Gasteiger partial charge is 0.118 e. The predicted molar refractivity (Wildman–Crippen MR) is 70.2 cm³/mol. The number of likely N-dealkylation sites (N-methyl/N-ethyl adjacent to an activating group) is 1. The first-order valence-corrected chi connectivity index (χ1v) is 6.25. The van der Waals surface area contributed by atoms with Gasteiger partial charge in [0.1, 0.15) is 5.75 Å². The first kappa shape index (κ1) is 12.4. The Balaban J connectivity index is 2.03. The molecule has 0 bridgehead atoms. The maximum atomic E-state index is 6.31. The second kappa shape index (κ2) is 5.07. The minimum atomic E-state index is 0.0616. The molecule has 0 aliphatic heterocycles. The first-order chi connectivity index (χ1) is 8.13. The topological polar surface area (TPSA) is 38.5 Å². The molecule has 0 radical (unpaired) electrons. The quantitative estimate of drug-likeness (QED) is 0.848. The molecular weight excluding hydrogens is 212 g/mol. The van der Waals surface area contributed by atoms with Crippen LogP contribution in [0, 0.1) is 0 Å². The van der Waals surface area contributed by atoms with Crippen molar-refractivity contribution >= 4 is 0 Å². The number of benzene rings is 1. The van der Waals surface area contributed by atoms with Gasteiger partial charge in [0.25, 0.3) is 0 Å². The molecule has 1 aromatic rings. The second-order valence-corrected chi connectivity index (χ2v) is 4.94. The van der Waals surface area contributed by atoms with E-state index < -0.39 is 0 Å². The summed E-state index contributed by atoms with van der Waals surface area (Å²) in [6, 6.07) is 9.23. The Morgan fingerprint density at radius 3 is 2.35 bits per heavy atom. The molecule has 0 amide bonds. The zero-order valence-corrected chi connectivity index (χ0v) is 10.9. The van der Waals surface area contributed by atoms with Gasteiger partial charge in [0.05, 0.1) is 7.11 Å². The van der Waals surface area contributed by atoms with Crippen molar-refractivity contribution in [3.8, 4) is 5.75 Å². The van der Waals surface area contributed by atoms with E-state index in [9.17, 15) is 0 Å². The molecule has 1 aliphatic rings. The molecule has 2 N–H and O–H groups in total. The van der Waals surface area contributed by atoms with E-state index in [0.29, 0.717) is 6.04 Å². The molecular formula is C14H22N2O. The number of hydrogen-bond donors (Lipinski definition) is 1. The molecule has 3 heteroatoms. The van der Waals surface area contributed by atoms with Crippen LogP contribution in [0.1, 0.15) is 31.4 Å². The molecule has 2 unspecified atom stereocenters. The molecule has 2 rings (SSSR count). The maximum absolute atomic E-state index is 6.31. The zero-order chi connectivity index (χ0) is 12.4. The van der Waals surface area contributed by atoms with Crippen LogP contribution in [0.4, 0.5) is 0 Å². The van der Waals surface area contributed by atoms with Crippen LogP contribution in [0.15, 0.2) is 24.3 Å². The van der Waals surface area contributed by atoms with Gasteiger partial charge in [-0.05, 0) is 44.5 Å². The van der Waals surface area contributed by atoms with Crippen molar-refractivity contribution in [1.29, 1.82) is 0 Å². The highest BCUT2D eigenvalue weighted by Gasteiger charge is 2.31. The number of hydrogen-bond acceptors (Lipinski definition) is 3. The van der Waals surface area contributed by atoms with Gasteiger partial charge in [0, 0.05) is 18.1 Å². The Labute approximate surface area is 104 Å². The van der Waals surface area contributed by atoms with Crippen LogP contribution in [0.2, 0.25) is 0 Å². The molecule has 0 saturated heterocycles. The van der Waals surface area contributed by atoms with Gasteiger partial charge in [-0.25, -0.2) is 0 Å². The second-order valence-electron chi connectivity index (χ2n) is 4.94. The lowest BCUT2D eigenvalue weighted by atomic mass is 10.0. The van der Waals surface area contributed by atoms with E-state index in [1.54, 1.807) is 7.11 Å². The third-order valence-corrected chi connectivity index (χ3v) is 3.79. The summed E-state index contributed by atoms with van der Waals surface area (Å²) in [5, 5.41) is 0. The molecule has 1 aromatic carbocycles. The Hall–Kier alpha value is -1.06. The fraction of sp³-hybridized carbons (Fsp3) is 0.571. The first-order valence-electron chi connectivity index (χ1n) is 6.25. The van der Waals surface area contributed by atoms with E-state index in [2.05, 4.69) is 31.0 Å². The van der Waals surface area contributed by atoms with Crippen LogP contribution in [0.25, 0.3) is 0 Å². The van der Waals surface area contributed by atoms with Crippen LogP contribution >= 0.6 is 0 Å². The normalized spacial score (nSPS) is 19.1. The Bertz CT molecular complexity index is 359. The average Bonchev–Trinajstić information content (AvgIpc) is 3.20. The minimum Gasteiger partial charge on any atom is -0.497 e. The summed E-state index contributed by atoms with van der Waals surface area (Å²) in [7, 11) is 3.85. The minimum absolute atomic E-state index is 0.0616. The van der Waals surface area contributed by atoms with E-state index in [1.807, 2.05) is 12.1 Å². The molecule has 1 saturated carbocycles. The Morgan fingerprint density at radius 2 is 1.88 bits per heavy atom. The van der Waals surface area contributed by atoms with Crippen molar-refractivity contribution in [2.24, 2.45) is 5.73 Å². The van der Waals surface area contributed by atoms with Gasteiger partial charge in [0.15, 0.2) is 0 Å². The fourth-order valence-electron chi connectivity index (χ4n) is 2.17. The summed E-state index contributed by atoms with van der Waals surface area (Å²) in [5.74, 6) is 0.879. The van der Waals surface area contributed by atoms with Crippen molar-refractivity contribution in [2.75, 3.05) is 14.2 Å². The lowest BCUT2D eigenvalue weighted by Crippen LogP contribution is -2.39. The predicted octanol–water partition coefficient (Wildman–Crippen LogP) is 2.18. The lowest BCUT2D eigenvalue weighted by Gasteiger charge is -2.30. The summed E-state index contributed by atoms with van der Waals surface area (Å²) < 4.78 is 5.15.